The van der Waals surface area contributed by atoms with E-state index < -0.39 is 0 Å². The van der Waals surface area contributed by atoms with Gasteiger partial charge < -0.3 is 10.6 Å². The molecule has 19 heavy (non-hydrogen) atoms. The van der Waals surface area contributed by atoms with Crippen molar-refractivity contribution in [3.05, 3.63) is 28.0 Å². The topological polar surface area (TPSA) is 53.1 Å². The first kappa shape index (κ1) is 14.3. The van der Waals surface area contributed by atoms with Crippen molar-refractivity contribution in [3.63, 3.8) is 0 Å². The third kappa shape index (κ3) is 3.08. The highest BCUT2D eigenvalue weighted by atomic mass is 79.9. The zero-order chi connectivity index (χ0) is 14.2. The highest BCUT2D eigenvalue weighted by Crippen LogP contribution is 2.35. The van der Waals surface area contributed by atoms with Crippen LogP contribution >= 0.6 is 15.9 Å². The predicted molar refractivity (Wildman–Crippen MR) is 80.3 cm³/mol. The van der Waals surface area contributed by atoms with Gasteiger partial charge in [0.15, 0.2) is 5.82 Å². The average molecular weight is 328 g/mol. The molecular weight excluding hydrogens is 309 g/mol. The van der Waals surface area contributed by atoms with E-state index in [9.17, 15) is 4.39 Å². The quantitative estimate of drug-likeness (QED) is 0.642. The number of amidine groups is 1. The van der Waals surface area contributed by atoms with Gasteiger partial charge in [0.2, 0.25) is 0 Å². The van der Waals surface area contributed by atoms with Crippen LogP contribution in [0.5, 0.6) is 0 Å². The van der Waals surface area contributed by atoms with Gasteiger partial charge in [-0.3, -0.25) is 5.41 Å². The second-order valence-electron chi connectivity index (χ2n) is 5.36. The number of rotatable bonds is 5. The number of nitrogens with one attached hydrogen (secondary N) is 1. The number of nitrogen functional groups attached to an aromatic ring is 1. The Bertz CT molecular complexity index is 498. The molecule has 3 N–H and O–H groups in total. The molecule has 0 bridgehead atoms. The van der Waals surface area contributed by atoms with E-state index in [1.807, 2.05) is 0 Å². The molecular formula is C14H19BrFN3. The summed E-state index contributed by atoms with van der Waals surface area (Å²) < 4.78 is 14.7. The van der Waals surface area contributed by atoms with Gasteiger partial charge in [0, 0.05) is 18.2 Å². The van der Waals surface area contributed by atoms with Crippen LogP contribution in [0.15, 0.2) is 16.6 Å². The van der Waals surface area contributed by atoms with Crippen LogP contribution in [-0.2, 0) is 0 Å². The summed E-state index contributed by atoms with van der Waals surface area (Å²) in [5.74, 6) is 0.228. The molecule has 2 rings (SSSR count). The van der Waals surface area contributed by atoms with Crippen LogP contribution in [0.25, 0.3) is 0 Å². The van der Waals surface area contributed by atoms with E-state index in [0.717, 1.165) is 6.54 Å². The Morgan fingerprint density at radius 3 is 2.63 bits per heavy atom. The van der Waals surface area contributed by atoms with Crippen molar-refractivity contribution < 1.29 is 4.39 Å². The first-order valence-corrected chi connectivity index (χ1v) is 7.30. The lowest BCUT2D eigenvalue weighted by atomic mass is 10.1. The normalized spacial score (nSPS) is 14.8. The largest absolute Gasteiger partial charge is 0.384 e. The molecule has 0 saturated heterocycles. The minimum atomic E-state index is -0.331. The van der Waals surface area contributed by atoms with Crippen LogP contribution in [-0.4, -0.2) is 18.4 Å². The molecule has 1 fully saturated rings. The summed E-state index contributed by atoms with van der Waals surface area (Å²) in [6.45, 7) is 5.02. The molecule has 0 spiro atoms. The SMILES string of the molecule is CC(C)N(CC1CC1)c1ccc(C(=N)N)c(Br)c1F. The third-order valence-corrected chi connectivity index (χ3v) is 4.21. The Morgan fingerprint density at radius 1 is 1.53 bits per heavy atom. The van der Waals surface area contributed by atoms with Crippen molar-refractivity contribution in [1.29, 1.82) is 5.41 Å². The summed E-state index contributed by atoms with van der Waals surface area (Å²) in [6.07, 6.45) is 2.47. The minimum Gasteiger partial charge on any atom is -0.384 e. The molecule has 0 atom stereocenters. The van der Waals surface area contributed by atoms with E-state index in [-0.39, 0.29) is 22.2 Å². The molecule has 0 radical (unpaired) electrons. The van der Waals surface area contributed by atoms with Gasteiger partial charge in [-0.05, 0) is 60.7 Å². The summed E-state index contributed by atoms with van der Waals surface area (Å²) in [4.78, 5) is 2.08. The number of anilines is 1. The van der Waals surface area contributed by atoms with Crippen LogP contribution < -0.4 is 10.6 Å². The van der Waals surface area contributed by atoms with Crippen molar-refractivity contribution >= 4 is 27.5 Å². The van der Waals surface area contributed by atoms with Crippen LogP contribution in [0.3, 0.4) is 0 Å². The molecule has 3 nitrogen and oxygen atoms in total. The maximum absolute atomic E-state index is 14.5. The van der Waals surface area contributed by atoms with E-state index in [0.29, 0.717) is 17.2 Å². The lowest BCUT2D eigenvalue weighted by Gasteiger charge is -2.30. The van der Waals surface area contributed by atoms with Crippen molar-refractivity contribution in [3.8, 4) is 0 Å². The van der Waals surface area contributed by atoms with Crippen LogP contribution in [0.4, 0.5) is 10.1 Å². The van der Waals surface area contributed by atoms with Crippen molar-refractivity contribution in [2.75, 3.05) is 11.4 Å². The zero-order valence-corrected chi connectivity index (χ0v) is 12.8. The van der Waals surface area contributed by atoms with Gasteiger partial charge in [-0.25, -0.2) is 4.39 Å². The summed E-state index contributed by atoms with van der Waals surface area (Å²) >= 11 is 3.21. The molecule has 1 aromatic rings. The van der Waals surface area contributed by atoms with Gasteiger partial charge in [-0.1, -0.05) is 0 Å². The maximum Gasteiger partial charge on any atom is 0.161 e. The highest BCUT2D eigenvalue weighted by Gasteiger charge is 2.27. The number of benzene rings is 1. The third-order valence-electron chi connectivity index (χ3n) is 3.44. The second-order valence-corrected chi connectivity index (χ2v) is 6.16. The Hall–Kier alpha value is -1.10. The van der Waals surface area contributed by atoms with Crippen LogP contribution in [0.2, 0.25) is 0 Å². The minimum absolute atomic E-state index is 0.129. The molecule has 0 unspecified atom stereocenters. The Kier molecular flexibility index (Phi) is 4.13. The van der Waals surface area contributed by atoms with Gasteiger partial charge in [-0.2, -0.15) is 0 Å². The lowest BCUT2D eigenvalue weighted by molar-refractivity contribution is 0.584. The fourth-order valence-electron chi connectivity index (χ4n) is 2.14. The Labute approximate surface area is 121 Å². The summed E-state index contributed by atoms with van der Waals surface area (Å²) in [5, 5.41) is 7.43. The Morgan fingerprint density at radius 2 is 2.16 bits per heavy atom. The Balaban J connectivity index is 2.36. The molecule has 0 amide bonds. The fourth-order valence-corrected chi connectivity index (χ4v) is 2.68. The molecule has 1 saturated carbocycles. The first-order valence-electron chi connectivity index (χ1n) is 6.50. The van der Waals surface area contributed by atoms with Crippen molar-refractivity contribution in [2.24, 2.45) is 11.7 Å². The van der Waals surface area contributed by atoms with Gasteiger partial charge in [0.25, 0.3) is 0 Å². The van der Waals surface area contributed by atoms with E-state index in [2.05, 4.69) is 34.7 Å². The number of halogens is 2. The summed E-state index contributed by atoms with van der Waals surface area (Å²) in [7, 11) is 0. The fraction of sp³-hybridized carbons (Fsp3) is 0.500. The van der Waals surface area contributed by atoms with Crippen LogP contribution in [0, 0.1) is 17.1 Å². The molecule has 1 aliphatic rings. The predicted octanol–water partition coefficient (Wildman–Crippen LogP) is 3.50. The standard InChI is InChI=1S/C14H19BrFN3/c1-8(2)19(7-9-3-4-9)11-6-5-10(14(17)18)12(15)13(11)16/h5-6,8-9H,3-4,7H2,1-2H3,(H3,17,18). The molecule has 5 heteroatoms. The van der Waals surface area contributed by atoms with Gasteiger partial charge in [-0.15, -0.1) is 0 Å². The second kappa shape index (κ2) is 5.49. The number of nitrogens with two attached hydrogens (primary N) is 1. The smallest absolute Gasteiger partial charge is 0.161 e. The van der Waals surface area contributed by atoms with E-state index in [1.165, 1.54) is 12.8 Å². The van der Waals surface area contributed by atoms with E-state index in [1.54, 1.807) is 12.1 Å². The summed E-state index contributed by atoms with van der Waals surface area (Å²) in [5.41, 5.74) is 6.41. The highest BCUT2D eigenvalue weighted by molar-refractivity contribution is 9.10. The van der Waals surface area contributed by atoms with Gasteiger partial charge in [0.1, 0.15) is 5.84 Å². The molecule has 1 aliphatic carbocycles. The number of hydrogen-bond donors (Lipinski definition) is 2. The van der Waals surface area contributed by atoms with Crippen molar-refractivity contribution in [1.82, 2.24) is 0 Å². The maximum atomic E-state index is 14.5. The van der Waals surface area contributed by atoms with Gasteiger partial charge in [0.05, 0.1) is 10.2 Å². The zero-order valence-electron chi connectivity index (χ0n) is 11.2. The van der Waals surface area contributed by atoms with Crippen LogP contribution in [0.1, 0.15) is 32.3 Å². The first-order chi connectivity index (χ1) is 8.91. The van der Waals surface area contributed by atoms with Gasteiger partial charge >= 0.3 is 0 Å². The van der Waals surface area contributed by atoms with E-state index in [4.69, 9.17) is 11.1 Å². The number of hydrogen-bond acceptors (Lipinski definition) is 2. The monoisotopic (exact) mass is 327 g/mol. The van der Waals surface area contributed by atoms with Crippen molar-refractivity contribution in [2.45, 2.75) is 32.7 Å². The molecule has 1 aromatic carbocycles. The summed E-state index contributed by atoms with van der Waals surface area (Å²) in [6, 6.07) is 3.66. The molecule has 0 heterocycles. The number of nitrogens with zero attached hydrogens (tertiary/aromatic N) is 1. The molecule has 0 aromatic heterocycles. The lowest BCUT2D eigenvalue weighted by Crippen LogP contribution is -2.33. The van der Waals surface area contributed by atoms with E-state index >= 15 is 0 Å². The molecule has 0 aliphatic heterocycles. The molecule has 104 valence electrons. The average Bonchev–Trinajstić information content (AvgIpc) is 3.13.